The van der Waals surface area contributed by atoms with Crippen molar-refractivity contribution in [3.05, 3.63) is 48.0 Å². The van der Waals surface area contributed by atoms with Gasteiger partial charge >= 0.3 is 6.09 Å². The Balaban J connectivity index is 1.82. The van der Waals surface area contributed by atoms with Crippen LogP contribution in [-0.4, -0.2) is 55.0 Å². The van der Waals surface area contributed by atoms with Crippen LogP contribution in [0.3, 0.4) is 0 Å². The van der Waals surface area contributed by atoms with Gasteiger partial charge in [0.15, 0.2) is 0 Å². The summed E-state index contributed by atoms with van der Waals surface area (Å²) in [5.41, 5.74) is 0.441. The van der Waals surface area contributed by atoms with E-state index in [1.165, 1.54) is 0 Å². The maximum atomic E-state index is 12.5. The van der Waals surface area contributed by atoms with Crippen molar-refractivity contribution in [3.63, 3.8) is 0 Å². The van der Waals surface area contributed by atoms with E-state index >= 15 is 0 Å². The Morgan fingerprint density at radius 2 is 1.69 bits per heavy atom. The molecule has 2 unspecified atom stereocenters. The van der Waals surface area contributed by atoms with E-state index < -0.39 is 23.8 Å². The lowest BCUT2D eigenvalue weighted by Crippen LogP contribution is -2.48. The number of benzene rings is 2. The van der Waals surface area contributed by atoms with Crippen LogP contribution in [0.15, 0.2) is 42.5 Å². The number of aliphatic hydroxyl groups is 1. The molecule has 0 heterocycles. The summed E-state index contributed by atoms with van der Waals surface area (Å²) in [5, 5.41) is 20.5. The van der Waals surface area contributed by atoms with E-state index in [-0.39, 0.29) is 19.0 Å². The molecule has 0 spiro atoms. The smallest absolute Gasteiger partial charge is 0.407 e. The molecule has 0 fully saturated rings. The molecule has 29 heavy (non-hydrogen) atoms. The molecule has 2 rings (SSSR count). The lowest BCUT2D eigenvalue weighted by molar-refractivity contribution is -0.123. The summed E-state index contributed by atoms with van der Waals surface area (Å²) in [5.74, 6) is -0.211. The van der Waals surface area contributed by atoms with Gasteiger partial charge in [-0.3, -0.25) is 4.79 Å². The van der Waals surface area contributed by atoms with Gasteiger partial charge in [0.2, 0.25) is 5.91 Å². The predicted octanol–water partition coefficient (Wildman–Crippen LogP) is 1.97. The fourth-order valence-corrected chi connectivity index (χ4v) is 2.86. The van der Waals surface area contributed by atoms with Crippen molar-refractivity contribution in [2.45, 2.75) is 44.9 Å². The van der Waals surface area contributed by atoms with Crippen LogP contribution in [0.25, 0.3) is 10.8 Å². The zero-order chi connectivity index (χ0) is 21.4. The molecule has 2 aromatic carbocycles. The van der Waals surface area contributed by atoms with E-state index in [9.17, 15) is 14.7 Å². The van der Waals surface area contributed by atoms with Gasteiger partial charge in [-0.15, -0.1) is 0 Å². The van der Waals surface area contributed by atoms with E-state index in [0.29, 0.717) is 6.42 Å². The topological polar surface area (TPSA) is 99.7 Å². The number of likely N-dealkylation sites (N-methyl/N-ethyl adjacent to an activating group) is 1. The second-order valence-electron chi connectivity index (χ2n) is 8.01. The van der Waals surface area contributed by atoms with Gasteiger partial charge in [-0.2, -0.15) is 0 Å². The molecular formula is C22H31N3O4. The molecule has 0 saturated heterocycles. The minimum absolute atomic E-state index is 0.00983. The Labute approximate surface area is 171 Å². The van der Waals surface area contributed by atoms with Crippen LogP contribution in [0.4, 0.5) is 4.79 Å². The van der Waals surface area contributed by atoms with E-state index in [1.807, 2.05) is 36.4 Å². The highest BCUT2D eigenvalue weighted by molar-refractivity contribution is 5.84. The molecule has 0 bridgehead atoms. The Hall–Kier alpha value is -2.64. The van der Waals surface area contributed by atoms with Gasteiger partial charge in [0, 0.05) is 13.1 Å². The first-order valence-corrected chi connectivity index (χ1v) is 9.75. The molecule has 7 heteroatoms. The van der Waals surface area contributed by atoms with Crippen molar-refractivity contribution < 1.29 is 19.4 Å². The third-order valence-corrected chi connectivity index (χ3v) is 4.31. The monoisotopic (exact) mass is 401 g/mol. The first kappa shape index (κ1) is 22.6. The summed E-state index contributed by atoms with van der Waals surface area (Å²) in [6, 6.07) is 13.8. The number of aliphatic hydroxyl groups excluding tert-OH is 1. The van der Waals surface area contributed by atoms with Crippen molar-refractivity contribution in [2.24, 2.45) is 0 Å². The third kappa shape index (κ3) is 7.71. The Kier molecular flexibility index (Phi) is 7.99. The fraction of sp³-hybridized carbons (Fsp3) is 0.455. The van der Waals surface area contributed by atoms with Crippen molar-refractivity contribution in [1.29, 1.82) is 0 Å². The first-order valence-electron chi connectivity index (χ1n) is 9.75. The van der Waals surface area contributed by atoms with Gasteiger partial charge in [-0.05, 0) is 50.6 Å². The lowest BCUT2D eigenvalue weighted by atomic mass is 10.0. The standard InChI is InChI=1S/C22H31N3O4/c1-22(2,3)29-21(28)25-14-18(26)13-24-20(27)19(23-4)12-15-9-10-16-7-5-6-8-17(16)11-15/h5-11,18-19,23,26H,12-14H2,1-4H3,(H,24,27)(H,25,28). The van der Waals surface area contributed by atoms with Crippen LogP contribution in [0.5, 0.6) is 0 Å². The average Bonchev–Trinajstić information content (AvgIpc) is 2.67. The van der Waals surface area contributed by atoms with Gasteiger partial charge < -0.3 is 25.8 Å². The van der Waals surface area contributed by atoms with Crippen molar-refractivity contribution in [2.75, 3.05) is 20.1 Å². The van der Waals surface area contributed by atoms with Crippen LogP contribution in [-0.2, 0) is 16.0 Å². The highest BCUT2D eigenvalue weighted by Gasteiger charge is 2.19. The number of carbonyl (C=O) groups is 2. The molecule has 2 aromatic rings. The molecule has 0 aliphatic heterocycles. The number of amides is 2. The summed E-state index contributed by atoms with van der Waals surface area (Å²) < 4.78 is 5.11. The maximum absolute atomic E-state index is 12.5. The zero-order valence-electron chi connectivity index (χ0n) is 17.5. The largest absolute Gasteiger partial charge is 0.444 e. The number of fused-ring (bicyclic) bond motifs is 1. The molecule has 2 amide bonds. The van der Waals surface area contributed by atoms with Gasteiger partial charge in [-0.1, -0.05) is 42.5 Å². The molecule has 7 nitrogen and oxygen atoms in total. The van der Waals surface area contributed by atoms with Gasteiger partial charge in [0.25, 0.3) is 0 Å². The van der Waals surface area contributed by atoms with E-state index in [1.54, 1.807) is 27.8 Å². The summed E-state index contributed by atoms with van der Waals surface area (Å²) in [6.45, 7) is 5.30. The SMILES string of the molecule is CNC(Cc1ccc2ccccc2c1)C(=O)NCC(O)CNC(=O)OC(C)(C)C. The number of alkyl carbamates (subject to hydrolysis) is 1. The fourth-order valence-electron chi connectivity index (χ4n) is 2.86. The summed E-state index contributed by atoms with van der Waals surface area (Å²) >= 11 is 0. The second kappa shape index (κ2) is 10.2. The Morgan fingerprint density at radius 1 is 1.03 bits per heavy atom. The quantitative estimate of drug-likeness (QED) is 0.542. The molecule has 0 aliphatic carbocycles. The molecule has 0 saturated carbocycles. The van der Waals surface area contributed by atoms with E-state index in [4.69, 9.17) is 4.74 Å². The van der Waals surface area contributed by atoms with Crippen molar-refractivity contribution >= 4 is 22.8 Å². The normalized spacial score (nSPS) is 13.6. The van der Waals surface area contributed by atoms with Gasteiger partial charge in [0.05, 0.1) is 12.1 Å². The zero-order valence-corrected chi connectivity index (χ0v) is 17.5. The summed E-state index contributed by atoms with van der Waals surface area (Å²) in [6.07, 6.45) is -0.990. The van der Waals surface area contributed by atoms with Crippen LogP contribution in [0.2, 0.25) is 0 Å². The van der Waals surface area contributed by atoms with Gasteiger partial charge in [-0.25, -0.2) is 4.79 Å². The molecular weight excluding hydrogens is 370 g/mol. The molecule has 158 valence electrons. The van der Waals surface area contributed by atoms with Crippen LogP contribution < -0.4 is 16.0 Å². The number of ether oxygens (including phenoxy) is 1. The number of carbonyl (C=O) groups excluding carboxylic acids is 2. The summed E-state index contributed by atoms with van der Waals surface area (Å²) in [7, 11) is 1.73. The first-order chi connectivity index (χ1) is 13.7. The minimum atomic E-state index is -0.912. The third-order valence-electron chi connectivity index (χ3n) is 4.31. The molecule has 2 atom stereocenters. The number of hydrogen-bond donors (Lipinski definition) is 4. The molecule has 0 radical (unpaired) electrons. The average molecular weight is 402 g/mol. The highest BCUT2D eigenvalue weighted by Crippen LogP contribution is 2.16. The molecule has 0 aliphatic rings. The molecule has 4 N–H and O–H groups in total. The van der Waals surface area contributed by atoms with E-state index in [2.05, 4.69) is 22.0 Å². The second-order valence-corrected chi connectivity index (χ2v) is 8.01. The summed E-state index contributed by atoms with van der Waals surface area (Å²) in [4.78, 5) is 24.1. The lowest BCUT2D eigenvalue weighted by Gasteiger charge is -2.21. The Morgan fingerprint density at radius 3 is 2.34 bits per heavy atom. The maximum Gasteiger partial charge on any atom is 0.407 e. The van der Waals surface area contributed by atoms with Crippen molar-refractivity contribution in [3.8, 4) is 0 Å². The van der Waals surface area contributed by atoms with Crippen LogP contribution >= 0.6 is 0 Å². The number of nitrogens with one attached hydrogen (secondary N) is 3. The number of hydrogen-bond acceptors (Lipinski definition) is 5. The Bertz CT molecular complexity index is 832. The van der Waals surface area contributed by atoms with Crippen LogP contribution in [0.1, 0.15) is 26.3 Å². The van der Waals surface area contributed by atoms with Gasteiger partial charge in [0.1, 0.15) is 5.60 Å². The minimum Gasteiger partial charge on any atom is -0.444 e. The molecule has 0 aromatic heterocycles. The van der Waals surface area contributed by atoms with E-state index in [0.717, 1.165) is 16.3 Å². The highest BCUT2D eigenvalue weighted by atomic mass is 16.6. The number of rotatable bonds is 8. The van der Waals surface area contributed by atoms with Crippen LogP contribution in [0, 0.1) is 0 Å². The predicted molar refractivity (Wildman–Crippen MR) is 114 cm³/mol. The van der Waals surface area contributed by atoms with Crippen molar-refractivity contribution in [1.82, 2.24) is 16.0 Å².